The Hall–Kier alpha value is -4.15. The number of benzene rings is 1. The molecule has 1 amide bonds. The van der Waals surface area contributed by atoms with Crippen molar-refractivity contribution < 1.29 is 19.0 Å². The van der Waals surface area contributed by atoms with Gasteiger partial charge in [0.1, 0.15) is 24.8 Å². The van der Waals surface area contributed by atoms with Gasteiger partial charge in [0.2, 0.25) is 18.6 Å². The quantitative estimate of drug-likeness (QED) is 0.483. The second-order valence-electron chi connectivity index (χ2n) is 8.29. The summed E-state index contributed by atoms with van der Waals surface area (Å²) in [5.41, 5.74) is 0.925. The second kappa shape index (κ2) is 10.00. The number of carbonyl (C=O) groups excluding carboxylic acids is 1. The van der Waals surface area contributed by atoms with E-state index in [4.69, 9.17) is 14.2 Å². The molecule has 0 radical (unpaired) electrons. The van der Waals surface area contributed by atoms with Gasteiger partial charge in [-0.2, -0.15) is 5.10 Å². The van der Waals surface area contributed by atoms with E-state index in [1.165, 1.54) is 17.1 Å². The van der Waals surface area contributed by atoms with Gasteiger partial charge in [0, 0.05) is 30.8 Å². The van der Waals surface area contributed by atoms with Gasteiger partial charge in [-0.3, -0.25) is 9.59 Å². The molecule has 182 valence electrons. The first-order chi connectivity index (χ1) is 17.1. The predicted molar refractivity (Wildman–Crippen MR) is 127 cm³/mol. The molecule has 3 aromatic rings. The Bertz CT molecular complexity index is 1270. The summed E-state index contributed by atoms with van der Waals surface area (Å²) in [7, 11) is 0. The van der Waals surface area contributed by atoms with Gasteiger partial charge in [0.15, 0.2) is 11.5 Å². The summed E-state index contributed by atoms with van der Waals surface area (Å²) in [6.45, 7) is 4.24. The highest BCUT2D eigenvalue weighted by atomic mass is 16.7. The molecule has 4 heterocycles. The molecule has 11 heteroatoms. The Balaban J connectivity index is 1.18. The number of hydrogen-bond acceptors (Lipinski definition) is 9. The maximum Gasteiger partial charge on any atom is 0.267 e. The Kier molecular flexibility index (Phi) is 6.47. The first-order valence-corrected chi connectivity index (χ1v) is 11.6. The third kappa shape index (κ3) is 5.03. The van der Waals surface area contributed by atoms with E-state index >= 15 is 0 Å². The smallest absolute Gasteiger partial charge is 0.267 e. The second-order valence-corrected chi connectivity index (χ2v) is 8.29. The Morgan fingerprint density at radius 3 is 2.80 bits per heavy atom. The topological polar surface area (TPSA) is 121 Å². The molecular formula is C24H26N6O5. The number of nitrogens with one attached hydrogen (secondary N) is 1. The molecule has 35 heavy (non-hydrogen) atoms. The molecule has 2 aliphatic heterocycles. The van der Waals surface area contributed by atoms with Crippen LogP contribution in [0.4, 0.5) is 5.82 Å². The van der Waals surface area contributed by atoms with Gasteiger partial charge in [-0.1, -0.05) is 0 Å². The van der Waals surface area contributed by atoms with Crippen molar-refractivity contribution in [2.24, 2.45) is 0 Å². The van der Waals surface area contributed by atoms with Crippen LogP contribution >= 0.6 is 0 Å². The highest BCUT2D eigenvalue weighted by Gasteiger charge is 2.19. The van der Waals surface area contributed by atoms with Crippen LogP contribution in [-0.2, 0) is 4.79 Å². The summed E-state index contributed by atoms with van der Waals surface area (Å²) in [5, 5.41) is 7.19. The molecular weight excluding hydrogens is 452 g/mol. The third-order valence-electron chi connectivity index (χ3n) is 5.95. The van der Waals surface area contributed by atoms with E-state index < -0.39 is 6.04 Å². The maximum absolute atomic E-state index is 12.7. The molecule has 0 spiro atoms. The van der Waals surface area contributed by atoms with Crippen molar-refractivity contribution in [3.63, 3.8) is 0 Å². The minimum atomic E-state index is -0.808. The van der Waals surface area contributed by atoms with Crippen molar-refractivity contribution in [2.45, 2.75) is 25.8 Å². The molecule has 0 aliphatic carbocycles. The van der Waals surface area contributed by atoms with Crippen molar-refractivity contribution in [3.05, 3.63) is 53.1 Å². The fourth-order valence-electron chi connectivity index (χ4n) is 4.03. The fourth-order valence-corrected chi connectivity index (χ4v) is 4.03. The zero-order valence-electron chi connectivity index (χ0n) is 19.3. The maximum atomic E-state index is 12.7. The number of nitrogens with zero attached hydrogens (tertiary/aromatic N) is 5. The lowest BCUT2D eigenvalue weighted by atomic mass is 10.1. The Labute approximate surface area is 201 Å². The summed E-state index contributed by atoms with van der Waals surface area (Å²) in [4.78, 5) is 35.8. The highest BCUT2D eigenvalue weighted by Crippen LogP contribution is 2.35. The number of hydrogen-bond donors (Lipinski definition) is 1. The van der Waals surface area contributed by atoms with Crippen LogP contribution in [0.5, 0.6) is 17.4 Å². The molecule has 1 N–H and O–H groups in total. The number of aromatic nitrogens is 4. The minimum absolute atomic E-state index is 0.170. The molecule has 2 aliphatic rings. The molecule has 1 atom stereocenters. The molecule has 2 aromatic heterocycles. The molecule has 0 saturated carbocycles. The molecule has 1 saturated heterocycles. The average molecular weight is 479 g/mol. The fraction of sp³-hybridized carbons (Fsp3) is 0.375. The number of ether oxygens (including phenoxy) is 3. The summed E-state index contributed by atoms with van der Waals surface area (Å²) in [5.74, 6) is 2.23. The van der Waals surface area contributed by atoms with E-state index in [0.717, 1.165) is 37.3 Å². The molecule has 1 unspecified atom stereocenters. The molecule has 1 aromatic carbocycles. The van der Waals surface area contributed by atoms with Crippen LogP contribution < -0.4 is 30.0 Å². The van der Waals surface area contributed by atoms with Gasteiger partial charge in [0.05, 0.1) is 12.2 Å². The number of rotatable bonds is 8. The van der Waals surface area contributed by atoms with E-state index in [9.17, 15) is 9.59 Å². The molecule has 5 rings (SSSR count). The summed E-state index contributed by atoms with van der Waals surface area (Å²) in [6.07, 6.45) is 3.79. The zero-order chi connectivity index (χ0) is 24.2. The van der Waals surface area contributed by atoms with Crippen LogP contribution in [0.2, 0.25) is 0 Å². The lowest BCUT2D eigenvalue weighted by Gasteiger charge is -2.17. The first-order valence-electron chi connectivity index (χ1n) is 11.6. The van der Waals surface area contributed by atoms with Gasteiger partial charge in [0.25, 0.3) is 5.56 Å². The number of fused-ring (bicyclic) bond motifs is 1. The third-order valence-corrected chi connectivity index (χ3v) is 5.95. The predicted octanol–water partition coefficient (Wildman–Crippen LogP) is 1.79. The van der Waals surface area contributed by atoms with E-state index in [2.05, 4.69) is 25.3 Å². The number of anilines is 1. The van der Waals surface area contributed by atoms with Crippen LogP contribution in [0.3, 0.4) is 0 Å². The van der Waals surface area contributed by atoms with Crippen LogP contribution in [0.15, 0.2) is 47.5 Å². The lowest BCUT2D eigenvalue weighted by Crippen LogP contribution is -2.38. The molecule has 0 bridgehead atoms. The van der Waals surface area contributed by atoms with Crippen molar-refractivity contribution in [3.8, 4) is 28.6 Å². The highest BCUT2D eigenvalue weighted by molar-refractivity contribution is 5.79. The van der Waals surface area contributed by atoms with Gasteiger partial charge in [-0.25, -0.2) is 14.6 Å². The van der Waals surface area contributed by atoms with Gasteiger partial charge >= 0.3 is 0 Å². The minimum Gasteiger partial charge on any atom is -0.476 e. The zero-order valence-corrected chi connectivity index (χ0v) is 19.3. The Morgan fingerprint density at radius 1 is 1.11 bits per heavy atom. The standard InChI is InChI=1S/C24H26N6O5/c1-16(24(32)25-8-11-33-22-13-21(26-14-27-22)29-9-2-3-10-29)30-23(31)7-5-18(28-30)17-4-6-19-20(12-17)35-15-34-19/h4-7,12-14,16H,2-3,8-11,15H2,1H3,(H,25,32). The number of carbonyl (C=O) groups is 1. The van der Waals surface area contributed by atoms with E-state index in [0.29, 0.717) is 23.1 Å². The van der Waals surface area contributed by atoms with E-state index in [1.54, 1.807) is 31.2 Å². The molecule has 11 nitrogen and oxygen atoms in total. The van der Waals surface area contributed by atoms with Crippen molar-refractivity contribution in [1.29, 1.82) is 0 Å². The van der Waals surface area contributed by atoms with Crippen molar-refractivity contribution >= 4 is 11.7 Å². The van der Waals surface area contributed by atoms with Gasteiger partial charge in [-0.15, -0.1) is 0 Å². The SMILES string of the molecule is CC(C(=O)NCCOc1cc(N2CCCC2)ncn1)n1nc(-c2ccc3c(c2)OCO3)ccc1=O. The first kappa shape index (κ1) is 22.6. The van der Waals surface area contributed by atoms with E-state index in [-0.39, 0.29) is 31.4 Å². The van der Waals surface area contributed by atoms with E-state index in [1.807, 2.05) is 6.07 Å². The summed E-state index contributed by atoms with van der Waals surface area (Å²) < 4.78 is 17.6. The monoisotopic (exact) mass is 478 g/mol. The van der Waals surface area contributed by atoms with Crippen LogP contribution in [0.25, 0.3) is 11.3 Å². The normalized spacial score (nSPS) is 15.2. The van der Waals surface area contributed by atoms with Gasteiger partial charge in [-0.05, 0) is 44.0 Å². The van der Waals surface area contributed by atoms with Gasteiger partial charge < -0.3 is 24.4 Å². The van der Waals surface area contributed by atoms with Crippen LogP contribution in [0.1, 0.15) is 25.8 Å². The summed E-state index contributed by atoms with van der Waals surface area (Å²) in [6, 6.07) is 9.42. The van der Waals surface area contributed by atoms with Crippen LogP contribution in [-0.4, -0.2) is 58.7 Å². The molecule has 1 fully saturated rings. The number of amides is 1. The average Bonchev–Trinajstić information content (AvgIpc) is 3.58. The van der Waals surface area contributed by atoms with Crippen molar-refractivity contribution in [2.75, 3.05) is 37.9 Å². The lowest BCUT2D eigenvalue weighted by molar-refractivity contribution is -0.124. The Morgan fingerprint density at radius 2 is 1.94 bits per heavy atom. The van der Waals surface area contributed by atoms with Crippen LogP contribution in [0, 0.1) is 0 Å². The van der Waals surface area contributed by atoms with Crippen molar-refractivity contribution in [1.82, 2.24) is 25.1 Å². The summed E-state index contributed by atoms with van der Waals surface area (Å²) >= 11 is 0. The largest absolute Gasteiger partial charge is 0.476 e.